The first-order chi connectivity index (χ1) is 12.9. The van der Waals surface area contributed by atoms with Gasteiger partial charge in [0.1, 0.15) is 5.82 Å². The first-order valence-corrected chi connectivity index (χ1v) is 7.93. The molecule has 0 atom stereocenters. The van der Waals surface area contributed by atoms with E-state index in [0.717, 1.165) is 0 Å². The van der Waals surface area contributed by atoms with Gasteiger partial charge in [-0.2, -0.15) is 4.68 Å². The Labute approximate surface area is 153 Å². The van der Waals surface area contributed by atoms with Crippen molar-refractivity contribution in [1.82, 2.24) is 36.2 Å². The number of nitrogens with two attached hydrogens (primary N) is 1. The number of amides is 1. The second-order valence-corrected chi connectivity index (χ2v) is 5.93. The van der Waals surface area contributed by atoms with Gasteiger partial charge in [-0.25, -0.2) is 9.02 Å². The Morgan fingerprint density at radius 1 is 1.26 bits per heavy atom. The van der Waals surface area contributed by atoms with Crippen molar-refractivity contribution >= 4 is 17.4 Å². The minimum Gasteiger partial charge on any atom is -0.378 e. The maximum atomic E-state index is 13.0. The van der Waals surface area contributed by atoms with Gasteiger partial charge in [0.2, 0.25) is 11.6 Å². The third-order valence-electron chi connectivity index (χ3n) is 3.68. The third kappa shape index (κ3) is 3.61. The lowest BCUT2D eigenvalue weighted by Gasteiger charge is -2.12. The lowest BCUT2D eigenvalue weighted by Crippen LogP contribution is -2.36. The molecule has 0 aliphatic rings. The van der Waals surface area contributed by atoms with E-state index in [1.54, 1.807) is 0 Å². The summed E-state index contributed by atoms with van der Waals surface area (Å²) in [4.78, 5) is 12.5. The number of nitrogen functional groups attached to an aromatic ring is 1. The van der Waals surface area contributed by atoms with Crippen LogP contribution < -0.4 is 16.6 Å². The van der Waals surface area contributed by atoms with Gasteiger partial charge in [-0.3, -0.25) is 15.6 Å². The van der Waals surface area contributed by atoms with Crippen LogP contribution in [0.2, 0.25) is 0 Å². The smallest absolute Gasteiger partial charge is 0.292 e. The Morgan fingerprint density at radius 2 is 1.96 bits per heavy atom. The summed E-state index contributed by atoms with van der Waals surface area (Å²) in [6, 6.07) is 5.66. The number of hydrogen-bond donors (Lipinski definition) is 3. The molecule has 140 valence electrons. The fourth-order valence-corrected chi connectivity index (χ4v) is 2.38. The van der Waals surface area contributed by atoms with Crippen molar-refractivity contribution in [3.8, 4) is 5.82 Å². The van der Waals surface area contributed by atoms with E-state index in [2.05, 4.69) is 42.7 Å². The van der Waals surface area contributed by atoms with E-state index in [1.807, 2.05) is 13.8 Å². The van der Waals surface area contributed by atoms with E-state index in [-0.39, 0.29) is 29.1 Å². The van der Waals surface area contributed by atoms with Crippen LogP contribution in [0.25, 0.3) is 11.5 Å². The zero-order chi connectivity index (χ0) is 19.6. The normalized spacial score (nSPS) is 10.8. The Hall–Kier alpha value is -3.76. The fraction of sp³-hybridized carbons (Fsp3) is 0.188. The topological polar surface area (TPSA) is 137 Å². The van der Waals surface area contributed by atoms with Crippen LogP contribution in [0.4, 0.5) is 10.2 Å². The van der Waals surface area contributed by atoms with Crippen LogP contribution in [0.15, 0.2) is 35.5 Å². The average molecular weight is 372 g/mol. The van der Waals surface area contributed by atoms with E-state index in [0.29, 0.717) is 17.0 Å². The highest BCUT2D eigenvalue weighted by Crippen LogP contribution is 2.22. The SMILES string of the molecule is C=C(NNC(=O)c1nnn(-c2nonc2N)c1C(C)C)c1ccc(F)cc1. The van der Waals surface area contributed by atoms with Gasteiger partial charge < -0.3 is 5.73 Å². The van der Waals surface area contributed by atoms with Crippen molar-refractivity contribution in [2.24, 2.45) is 0 Å². The number of halogens is 1. The second-order valence-electron chi connectivity index (χ2n) is 5.93. The van der Waals surface area contributed by atoms with Gasteiger partial charge in [0, 0.05) is 0 Å². The van der Waals surface area contributed by atoms with Gasteiger partial charge in [-0.1, -0.05) is 25.6 Å². The molecule has 0 spiro atoms. The summed E-state index contributed by atoms with van der Waals surface area (Å²) in [5.74, 6) is -0.860. The van der Waals surface area contributed by atoms with Crippen LogP contribution in [0.3, 0.4) is 0 Å². The molecule has 0 saturated carbocycles. The number of nitrogens with one attached hydrogen (secondary N) is 2. The monoisotopic (exact) mass is 372 g/mol. The molecule has 2 heterocycles. The molecule has 0 unspecified atom stereocenters. The predicted octanol–water partition coefficient (Wildman–Crippen LogP) is 1.40. The average Bonchev–Trinajstić information content (AvgIpc) is 3.25. The number of hydrogen-bond acceptors (Lipinski definition) is 8. The summed E-state index contributed by atoms with van der Waals surface area (Å²) in [6.07, 6.45) is 0. The maximum Gasteiger partial charge on any atom is 0.292 e. The first-order valence-electron chi connectivity index (χ1n) is 7.93. The van der Waals surface area contributed by atoms with Crippen LogP contribution in [0.1, 0.15) is 41.5 Å². The van der Waals surface area contributed by atoms with Crippen LogP contribution in [-0.4, -0.2) is 31.2 Å². The quantitative estimate of drug-likeness (QED) is 0.552. The Morgan fingerprint density at radius 3 is 2.56 bits per heavy atom. The number of rotatable bonds is 6. The van der Waals surface area contributed by atoms with Crippen molar-refractivity contribution in [2.75, 3.05) is 5.73 Å². The molecule has 2 aromatic heterocycles. The third-order valence-corrected chi connectivity index (χ3v) is 3.68. The van der Waals surface area contributed by atoms with Gasteiger partial charge in [0.05, 0.1) is 11.4 Å². The molecule has 0 aliphatic carbocycles. The van der Waals surface area contributed by atoms with E-state index in [1.165, 1.54) is 28.9 Å². The predicted molar refractivity (Wildman–Crippen MR) is 93.8 cm³/mol. The largest absolute Gasteiger partial charge is 0.378 e. The van der Waals surface area contributed by atoms with Gasteiger partial charge in [0.25, 0.3) is 5.91 Å². The number of aromatic nitrogens is 5. The number of carbonyl (C=O) groups is 1. The first kappa shape index (κ1) is 18.0. The lowest BCUT2D eigenvalue weighted by atomic mass is 10.1. The molecule has 0 fully saturated rings. The zero-order valence-corrected chi connectivity index (χ0v) is 14.6. The molecule has 3 aromatic rings. The zero-order valence-electron chi connectivity index (χ0n) is 14.6. The molecule has 1 amide bonds. The number of anilines is 1. The molecule has 0 saturated heterocycles. The highest BCUT2D eigenvalue weighted by atomic mass is 19.1. The van der Waals surface area contributed by atoms with Crippen molar-refractivity contribution in [2.45, 2.75) is 19.8 Å². The standard InChI is InChI=1S/C16H17FN8O2/c1-8(2)13-12(20-24-25(13)15-14(18)22-27-23-15)16(26)21-19-9(3)10-4-6-11(17)7-5-10/h4-8,19H,3H2,1-2H3,(H2,18,22)(H,21,26). The van der Waals surface area contributed by atoms with Crippen molar-refractivity contribution in [3.63, 3.8) is 0 Å². The fourth-order valence-electron chi connectivity index (χ4n) is 2.38. The Bertz CT molecular complexity index is 977. The maximum absolute atomic E-state index is 13.0. The van der Waals surface area contributed by atoms with Crippen LogP contribution >= 0.6 is 0 Å². The molecule has 0 radical (unpaired) electrons. The minimum absolute atomic E-state index is 0.0246. The van der Waals surface area contributed by atoms with E-state index >= 15 is 0 Å². The number of nitrogens with zero attached hydrogens (tertiary/aromatic N) is 5. The van der Waals surface area contributed by atoms with Gasteiger partial charge >= 0.3 is 0 Å². The van der Waals surface area contributed by atoms with Crippen molar-refractivity contribution < 1.29 is 13.8 Å². The molecule has 3 rings (SSSR count). The highest BCUT2D eigenvalue weighted by Gasteiger charge is 2.25. The summed E-state index contributed by atoms with van der Waals surface area (Å²) in [7, 11) is 0. The van der Waals surface area contributed by atoms with Crippen molar-refractivity contribution in [3.05, 3.63) is 53.6 Å². The van der Waals surface area contributed by atoms with Crippen LogP contribution in [0, 0.1) is 5.82 Å². The molecular formula is C16H17FN8O2. The van der Waals surface area contributed by atoms with Gasteiger partial charge in [-0.05, 0) is 46.1 Å². The van der Waals surface area contributed by atoms with Crippen LogP contribution in [0.5, 0.6) is 0 Å². The summed E-state index contributed by atoms with van der Waals surface area (Å²) < 4.78 is 18.9. The number of hydrazine groups is 1. The molecule has 1 aromatic carbocycles. The summed E-state index contributed by atoms with van der Waals surface area (Å²) in [6.45, 7) is 7.52. The minimum atomic E-state index is -0.539. The lowest BCUT2D eigenvalue weighted by molar-refractivity contribution is 0.0936. The molecule has 0 bridgehead atoms. The van der Waals surface area contributed by atoms with Crippen LogP contribution in [-0.2, 0) is 0 Å². The van der Waals surface area contributed by atoms with E-state index in [4.69, 9.17) is 5.73 Å². The number of benzene rings is 1. The second kappa shape index (κ2) is 7.23. The van der Waals surface area contributed by atoms with E-state index < -0.39 is 5.91 Å². The van der Waals surface area contributed by atoms with Crippen molar-refractivity contribution in [1.29, 1.82) is 0 Å². The highest BCUT2D eigenvalue weighted by molar-refractivity contribution is 5.93. The Kier molecular flexibility index (Phi) is 4.83. The Balaban J connectivity index is 1.79. The molecule has 0 aliphatic heterocycles. The molecule has 10 nitrogen and oxygen atoms in total. The van der Waals surface area contributed by atoms with Gasteiger partial charge in [0.15, 0.2) is 5.69 Å². The molecule has 11 heteroatoms. The molecule has 4 N–H and O–H groups in total. The summed E-state index contributed by atoms with van der Waals surface area (Å²) in [5.41, 5.74) is 12.4. The number of carbonyl (C=O) groups excluding carboxylic acids is 1. The van der Waals surface area contributed by atoms with E-state index in [9.17, 15) is 9.18 Å². The summed E-state index contributed by atoms with van der Waals surface area (Å²) >= 11 is 0. The summed E-state index contributed by atoms with van der Waals surface area (Å²) in [5, 5.41) is 15.0. The molecule has 27 heavy (non-hydrogen) atoms. The molecular weight excluding hydrogens is 355 g/mol. The van der Waals surface area contributed by atoms with Gasteiger partial charge in [-0.15, -0.1) is 5.10 Å².